The fraction of sp³-hybridized carbons (Fsp3) is 0.353. The monoisotopic (exact) mass is 270 g/mol. The Morgan fingerprint density at radius 1 is 1.10 bits per heavy atom. The van der Waals surface area contributed by atoms with E-state index in [4.69, 9.17) is 4.74 Å². The van der Waals surface area contributed by atoms with Crippen LogP contribution in [0.3, 0.4) is 0 Å². The van der Waals surface area contributed by atoms with Gasteiger partial charge in [0.15, 0.2) is 0 Å². The first-order chi connectivity index (χ1) is 9.72. The standard InChI is InChI=1S/C17H22N2O/c1-4-14-6-8-16(9-7-14)20-17-13(3)10-15(12-19-17)11-18-5-2/h6-10,12,18H,4-5,11H2,1-3H3. The number of aromatic nitrogens is 1. The number of nitrogens with zero attached hydrogens (tertiary/aromatic N) is 1. The van der Waals surface area contributed by atoms with Gasteiger partial charge < -0.3 is 10.1 Å². The first kappa shape index (κ1) is 14.5. The van der Waals surface area contributed by atoms with Crippen LogP contribution in [0.2, 0.25) is 0 Å². The normalized spacial score (nSPS) is 10.6. The van der Waals surface area contributed by atoms with Gasteiger partial charge in [0.25, 0.3) is 0 Å². The van der Waals surface area contributed by atoms with E-state index in [1.165, 1.54) is 11.1 Å². The summed E-state index contributed by atoms with van der Waals surface area (Å²) < 4.78 is 5.84. The first-order valence-electron chi connectivity index (χ1n) is 7.16. The van der Waals surface area contributed by atoms with E-state index in [9.17, 15) is 0 Å². The van der Waals surface area contributed by atoms with Crippen LogP contribution in [0.4, 0.5) is 0 Å². The second-order valence-electron chi connectivity index (χ2n) is 4.85. The van der Waals surface area contributed by atoms with Gasteiger partial charge in [0.1, 0.15) is 5.75 Å². The zero-order valence-corrected chi connectivity index (χ0v) is 12.4. The molecular weight excluding hydrogens is 248 g/mol. The molecule has 20 heavy (non-hydrogen) atoms. The molecule has 1 N–H and O–H groups in total. The molecule has 2 aromatic rings. The lowest BCUT2D eigenvalue weighted by Crippen LogP contribution is -2.12. The zero-order valence-electron chi connectivity index (χ0n) is 12.4. The summed E-state index contributed by atoms with van der Waals surface area (Å²) in [5.41, 5.74) is 3.54. The van der Waals surface area contributed by atoms with Crippen LogP contribution in [-0.2, 0) is 13.0 Å². The van der Waals surface area contributed by atoms with Gasteiger partial charge in [-0.15, -0.1) is 0 Å². The molecule has 3 heteroatoms. The Balaban J connectivity index is 2.08. The van der Waals surface area contributed by atoms with Crippen LogP contribution in [0.1, 0.15) is 30.5 Å². The van der Waals surface area contributed by atoms with Crippen molar-refractivity contribution in [3.05, 3.63) is 53.2 Å². The Kier molecular flexibility index (Phi) is 5.13. The van der Waals surface area contributed by atoms with E-state index in [0.29, 0.717) is 5.88 Å². The number of hydrogen-bond donors (Lipinski definition) is 1. The van der Waals surface area contributed by atoms with Gasteiger partial charge in [-0.3, -0.25) is 0 Å². The van der Waals surface area contributed by atoms with Crippen molar-refractivity contribution >= 4 is 0 Å². The maximum Gasteiger partial charge on any atom is 0.222 e. The molecule has 0 atom stereocenters. The third kappa shape index (κ3) is 3.81. The summed E-state index contributed by atoms with van der Waals surface area (Å²) in [5.74, 6) is 1.51. The van der Waals surface area contributed by atoms with Crippen LogP contribution in [0.5, 0.6) is 11.6 Å². The van der Waals surface area contributed by atoms with Crippen molar-refractivity contribution < 1.29 is 4.74 Å². The average Bonchev–Trinajstić information content (AvgIpc) is 2.48. The minimum Gasteiger partial charge on any atom is -0.439 e. The lowest BCUT2D eigenvalue weighted by Gasteiger charge is -2.10. The number of aryl methyl sites for hydroxylation is 2. The lowest BCUT2D eigenvalue weighted by molar-refractivity contribution is 0.458. The topological polar surface area (TPSA) is 34.2 Å². The Morgan fingerprint density at radius 3 is 2.45 bits per heavy atom. The smallest absolute Gasteiger partial charge is 0.222 e. The molecule has 0 aliphatic heterocycles. The van der Waals surface area contributed by atoms with Crippen molar-refractivity contribution in [2.75, 3.05) is 6.54 Å². The quantitative estimate of drug-likeness (QED) is 0.865. The Labute approximate surface area is 121 Å². The number of nitrogens with one attached hydrogen (secondary N) is 1. The summed E-state index contributed by atoms with van der Waals surface area (Å²) >= 11 is 0. The van der Waals surface area contributed by atoms with Gasteiger partial charge in [-0.05, 0) is 49.2 Å². The van der Waals surface area contributed by atoms with Crippen molar-refractivity contribution in [3.63, 3.8) is 0 Å². The molecule has 0 spiro atoms. The molecule has 0 amide bonds. The molecule has 0 unspecified atom stereocenters. The first-order valence-corrected chi connectivity index (χ1v) is 7.16. The Hall–Kier alpha value is -1.87. The molecule has 0 aliphatic rings. The number of rotatable bonds is 6. The summed E-state index contributed by atoms with van der Waals surface area (Å²) in [6, 6.07) is 10.3. The van der Waals surface area contributed by atoms with E-state index in [2.05, 4.69) is 42.3 Å². The summed E-state index contributed by atoms with van der Waals surface area (Å²) in [7, 11) is 0. The van der Waals surface area contributed by atoms with Crippen molar-refractivity contribution in [2.45, 2.75) is 33.7 Å². The van der Waals surface area contributed by atoms with Gasteiger partial charge in [-0.1, -0.05) is 26.0 Å². The minimum absolute atomic E-state index is 0.675. The summed E-state index contributed by atoms with van der Waals surface area (Å²) in [6.07, 6.45) is 2.90. The molecule has 0 aliphatic carbocycles. The van der Waals surface area contributed by atoms with Crippen LogP contribution in [0.15, 0.2) is 36.5 Å². The van der Waals surface area contributed by atoms with Gasteiger partial charge in [0.2, 0.25) is 5.88 Å². The third-order valence-electron chi connectivity index (χ3n) is 3.21. The van der Waals surface area contributed by atoms with Crippen LogP contribution < -0.4 is 10.1 Å². The van der Waals surface area contributed by atoms with E-state index in [-0.39, 0.29) is 0 Å². The van der Waals surface area contributed by atoms with Crippen molar-refractivity contribution in [1.82, 2.24) is 10.3 Å². The van der Waals surface area contributed by atoms with Gasteiger partial charge in [-0.25, -0.2) is 4.98 Å². The highest BCUT2D eigenvalue weighted by Crippen LogP contribution is 2.23. The Bertz CT molecular complexity index is 549. The molecule has 2 rings (SSSR count). The fourth-order valence-corrected chi connectivity index (χ4v) is 2.00. The SMILES string of the molecule is CCNCc1cnc(Oc2ccc(CC)cc2)c(C)c1. The molecule has 0 saturated carbocycles. The number of ether oxygens (including phenoxy) is 1. The zero-order chi connectivity index (χ0) is 14.4. The molecular formula is C17H22N2O. The second kappa shape index (κ2) is 7.06. The highest BCUT2D eigenvalue weighted by atomic mass is 16.5. The van der Waals surface area contributed by atoms with E-state index >= 15 is 0 Å². The van der Waals surface area contributed by atoms with Crippen LogP contribution in [0.25, 0.3) is 0 Å². The van der Waals surface area contributed by atoms with Crippen molar-refractivity contribution in [3.8, 4) is 11.6 Å². The predicted octanol–water partition coefficient (Wildman–Crippen LogP) is 3.85. The molecule has 0 saturated heterocycles. The molecule has 3 nitrogen and oxygen atoms in total. The van der Waals surface area contributed by atoms with Gasteiger partial charge in [0, 0.05) is 18.3 Å². The molecule has 1 aromatic carbocycles. The van der Waals surface area contributed by atoms with Gasteiger partial charge >= 0.3 is 0 Å². The number of pyridine rings is 1. The summed E-state index contributed by atoms with van der Waals surface area (Å²) in [4.78, 5) is 4.41. The third-order valence-corrected chi connectivity index (χ3v) is 3.21. The maximum absolute atomic E-state index is 5.84. The summed E-state index contributed by atoms with van der Waals surface area (Å²) in [6.45, 7) is 8.07. The van der Waals surface area contributed by atoms with E-state index in [1.54, 1.807) is 0 Å². The fourth-order valence-electron chi connectivity index (χ4n) is 2.00. The molecule has 1 aromatic heterocycles. The molecule has 106 valence electrons. The van der Waals surface area contributed by atoms with Gasteiger partial charge in [-0.2, -0.15) is 0 Å². The highest BCUT2D eigenvalue weighted by Gasteiger charge is 2.04. The van der Waals surface area contributed by atoms with Crippen LogP contribution >= 0.6 is 0 Å². The van der Waals surface area contributed by atoms with Gasteiger partial charge in [0.05, 0.1) is 0 Å². The molecule has 1 heterocycles. The highest BCUT2D eigenvalue weighted by molar-refractivity contribution is 5.35. The largest absolute Gasteiger partial charge is 0.439 e. The van der Waals surface area contributed by atoms with E-state index in [0.717, 1.165) is 30.8 Å². The van der Waals surface area contributed by atoms with Crippen LogP contribution in [0, 0.1) is 6.92 Å². The van der Waals surface area contributed by atoms with Crippen molar-refractivity contribution in [2.24, 2.45) is 0 Å². The van der Waals surface area contributed by atoms with E-state index in [1.807, 2.05) is 25.3 Å². The minimum atomic E-state index is 0.675. The maximum atomic E-state index is 5.84. The predicted molar refractivity (Wildman–Crippen MR) is 82.2 cm³/mol. The Morgan fingerprint density at radius 2 is 1.85 bits per heavy atom. The lowest BCUT2D eigenvalue weighted by atomic mass is 10.2. The molecule has 0 radical (unpaired) electrons. The van der Waals surface area contributed by atoms with Crippen LogP contribution in [-0.4, -0.2) is 11.5 Å². The second-order valence-corrected chi connectivity index (χ2v) is 4.85. The molecule has 0 fully saturated rings. The van der Waals surface area contributed by atoms with E-state index < -0.39 is 0 Å². The summed E-state index contributed by atoms with van der Waals surface area (Å²) in [5, 5.41) is 3.29. The van der Waals surface area contributed by atoms with Crippen molar-refractivity contribution in [1.29, 1.82) is 0 Å². The number of benzene rings is 1. The average molecular weight is 270 g/mol. The molecule has 0 bridgehead atoms. The number of hydrogen-bond acceptors (Lipinski definition) is 3.